The van der Waals surface area contributed by atoms with Crippen molar-refractivity contribution in [1.29, 1.82) is 0 Å². The summed E-state index contributed by atoms with van der Waals surface area (Å²) in [5.41, 5.74) is 3.08. The number of aryl methyl sites for hydroxylation is 1. The van der Waals surface area contributed by atoms with E-state index in [0.717, 1.165) is 22.3 Å². The Bertz CT molecular complexity index is 857. The van der Waals surface area contributed by atoms with E-state index < -0.39 is 0 Å². The second kappa shape index (κ2) is 6.32. The molecule has 23 heavy (non-hydrogen) atoms. The van der Waals surface area contributed by atoms with E-state index in [1.54, 1.807) is 0 Å². The van der Waals surface area contributed by atoms with Crippen LogP contribution >= 0.6 is 0 Å². The third-order valence-corrected chi connectivity index (χ3v) is 3.88. The van der Waals surface area contributed by atoms with Crippen molar-refractivity contribution in [2.24, 2.45) is 0 Å². The molecule has 1 aromatic heterocycles. The zero-order chi connectivity index (χ0) is 16.4. The van der Waals surface area contributed by atoms with Crippen LogP contribution in [0.15, 0.2) is 53.3 Å². The van der Waals surface area contributed by atoms with E-state index in [0.29, 0.717) is 13.1 Å². The number of aromatic nitrogens is 2. The maximum Gasteiger partial charge on any atom is 0.329 e. The Kier molecular flexibility index (Phi) is 4.24. The fraction of sp³-hybridized carbons (Fsp3) is 0.316. The third-order valence-electron chi connectivity index (χ3n) is 3.88. The first-order chi connectivity index (χ1) is 11.1. The number of imidazole rings is 1. The topological polar surface area (TPSA) is 36.2 Å². The van der Waals surface area contributed by atoms with Crippen LogP contribution in [0.4, 0.5) is 0 Å². The van der Waals surface area contributed by atoms with E-state index in [1.165, 1.54) is 0 Å². The smallest absolute Gasteiger partial charge is 0.329 e. The number of hydrogen-bond donors (Lipinski definition) is 0. The first-order valence-corrected chi connectivity index (χ1v) is 8.03. The molecule has 0 spiro atoms. The number of fused-ring (bicyclic) bond motifs is 1. The summed E-state index contributed by atoms with van der Waals surface area (Å²) in [6.07, 6.45) is 0.158. The molecule has 0 radical (unpaired) electrons. The lowest BCUT2D eigenvalue weighted by Crippen LogP contribution is -2.24. The average Bonchev–Trinajstić information content (AvgIpc) is 2.81. The number of hydrogen-bond acceptors (Lipinski definition) is 2. The van der Waals surface area contributed by atoms with E-state index in [9.17, 15) is 4.79 Å². The molecule has 4 nitrogen and oxygen atoms in total. The van der Waals surface area contributed by atoms with Crippen molar-refractivity contribution in [3.8, 4) is 5.75 Å². The van der Waals surface area contributed by atoms with Gasteiger partial charge in [-0.05, 0) is 50.6 Å². The van der Waals surface area contributed by atoms with Gasteiger partial charge < -0.3 is 4.74 Å². The van der Waals surface area contributed by atoms with E-state index in [4.69, 9.17) is 4.74 Å². The maximum absolute atomic E-state index is 12.6. The van der Waals surface area contributed by atoms with Crippen LogP contribution < -0.4 is 10.4 Å². The van der Waals surface area contributed by atoms with Crippen LogP contribution in [0.3, 0.4) is 0 Å². The fourth-order valence-corrected chi connectivity index (χ4v) is 2.86. The molecule has 0 aliphatic heterocycles. The number of nitrogens with zero attached hydrogens (tertiary/aromatic N) is 2. The molecule has 3 rings (SSSR count). The van der Waals surface area contributed by atoms with Gasteiger partial charge in [-0.1, -0.05) is 24.3 Å². The average molecular weight is 310 g/mol. The van der Waals surface area contributed by atoms with Gasteiger partial charge in [0.15, 0.2) is 0 Å². The Labute approximate surface area is 135 Å². The van der Waals surface area contributed by atoms with E-state index >= 15 is 0 Å². The quantitative estimate of drug-likeness (QED) is 0.721. The highest BCUT2D eigenvalue weighted by atomic mass is 16.5. The molecule has 3 aromatic rings. The third kappa shape index (κ3) is 3.02. The first-order valence-electron chi connectivity index (χ1n) is 8.03. The highest BCUT2D eigenvalue weighted by Gasteiger charge is 2.11. The van der Waals surface area contributed by atoms with Crippen molar-refractivity contribution in [3.63, 3.8) is 0 Å². The molecule has 0 amide bonds. The standard InChI is InChI=1S/C19H22N2O2/c1-4-20-17-7-5-6-8-18(17)21(19(20)22)13-15-9-11-16(12-10-15)23-14(2)3/h5-12,14H,4,13H2,1-3H3. The van der Waals surface area contributed by atoms with Gasteiger partial charge in [-0.25, -0.2) is 4.79 Å². The Morgan fingerprint density at radius 2 is 1.57 bits per heavy atom. The van der Waals surface area contributed by atoms with Crippen molar-refractivity contribution < 1.29 is 4.74 Å². The van der Waals surface area contributed by atoms with Crippen molar-refractivity contribution in [2.45, 2.75) is 40.0 Å². The van der Waals surface area contributed by atoms with E-state index in [1.807, 2.05) is 78.4 Å². The summed E-state index contributed by atoms with van der Waals surface area (Å²) in [6.45, 7) is 7.25. The molecular formula is C19H22N2O2. The Balaban J connectivity index is 1.96. The normalized spacial score (nSPS) is 11.3. The first kappa shape index (κ1) is 15.4. The predicted molar refractivity (Wildman–Crippen MR) is 93.2 cm³/mol. The van der Waals surface area contributed by atoms with E-state index in [2.05, 4.69) is 0 Å². The number of benzene rings is 2. The summed E-state index contributed by atoms with van der Waals surface area (Å²) in [5, 5.41) is 0. The molecule has 0 aliphatic rings. The summed E-state index contributed by atoms with van der Waals surface area (Å²) >= 11 is 0. The molecule has 4 heteroatoms. The largest absolute Gasteiger partial charge is 0.491 e. The number of ether oxygens (including phenoxy) is 1. The van der Waals surface area contributed by atoms with Gasteiger partial charge >= 0.3 is 5.69 Å². The van der Waals surface area contributed by atoms with Crippen molar-refractivity contribution in [2.75, 3.05) is 0 Å². The van der Waals surface area contributed by atoms with Crippen LogP contribution in [0.1, 0.15) is 26.3 Å². The summed E-state index contributed by atoms with van der Waals surface area (Å²) in [6, 6.07) is 15.9. The van der Waals surface area contributed by atoms with Gasteiger partial charge in [-0.2, -0.15) is 0 Å². The van der Waals surface area contributed by atoms with Crippen LogP contribution in [0.5, 0.6) is 5.75 Å². The van der Waals surface area contributed by atoms with E-state index in [-0.39, 0.29) is 11.8 Å². The van der Waals surface area contributed by atoms with Crippen LogP contribution in [-0.2, 0) is 13.1 Å². The predicted octanol–water partition coefficient (Wildman–Crippen LogP) is 3.66. The summed E-state index contributed by atoms with van der Waals surface area (Å²) < 4.78 is 9.30. The molecule has 1 heterocycles. The molecular weight excluding hydrogens is 288 g/mol. The van der Waals surface area contributed by atoms with Crippen molar-refractivity contribution >= 4 is 11.0 Å². The van der Waals surface area contributed by atoms with Gasteiger partial charge in [0.25, 0.3) is 0 Å². The molecule has 0 saturated heterocycles. The van der Waals surface area contributed by atoms with Gasteiger partial charge in [-0.15, -0.1) is 0 Å². The minimum Gasteiger partial charge on any atom is -0.491 e. The summed E-state index contributed by atoms with van der Waals surface area (Å²) in [4.78, 5) is 12.6. The van der Waals surface area contributed by atoms with Gasteiger partial charge in [-0.3, -0.25) is 9.13 Å². The minimum absolute atomic E-state index is 0.0382. The van der Waals surface area contributed by atoms with Crippen LogP contribution in [0.2, 0.25) is 0 Å². The second-order valence-corrected chi connectivity index (χ2v) is 5.91. The molecule has 0 saturated carbocycles. The number of rotatable bonds is 5. The molecule has 0 bridgehead atoms. The SMILES string of the molecule is CCn1c(=O)n(Cc2ccc(OC(C)C)cc2)c2ccccc21. The zero-order valence-corrected chi connectivity index (χ0v) is 13.8. The lowest BCUT2D eigenvalue weighted by atomic mass is 10.2. The molecule has 0 atom stereocenters. The molecule has 0 aliphatic carbocycles. The van der Waals surface area contributed by atoms with Gasteiger partial charge in [0, 0.05) is 6.54 Å². The summed E-state index contributed by atoms with van der Waals surface area (Å²) in [5.74, 6) is 0.854. The molecule has 0 fully saturated rings. The van der Waals surface area contributed by atoms with Crippen LogP contribution in [0.25, 0.3) is 11.0 Å². The zero-order valence-electron chi connectivity index (χ0n) is 13.8. The number of para-hydroxylation sites is 2. The van der Waals surface area contributed by atoms with Gasteiger partial charge in [0.2, 0.25) is 0 Å². The fourth-order valence-electron chi connectivity index (χ4n) is 2.86. The Morgan fingerprint density at radius 1 is 0.957 bits per heavy atom. The highest BCUT2D eigenvalue weighted by molar-refractivity contribution is 5.76. The molecule has 2 aromatic carbocycles. The van der Waals surface area contributed by atoms with Gasteiger partial charge in [0.1, 0.15) is 5.75 Å². The minimum atomic E-state index is 0.0382. The molecule has 0 N–H and O–H groups in total. The Morgan fingerprint density at radius 3 is 2.13 bits per heavy atom. The molecule has 120 valence electrons. The monoisotopic (exact) mass is 310 g/mol. The second-order valence-electron chi connectivity index (χ2n) is 5.91. The maximum atomic E-state index is 12.6. The van der Waals surface area contributed by atoms with Crippen LogP contribution in [-0.4, -0.2) is 15.2 Å². The van der Waals surface area contributed by atoms with Crippen LogP contribution in [0, 0.1) is 0 Å². The molecule has 0 unspecified atom stereocenters. The summed E-state index contributed by atoms with van der Waals surface area (Å²) in [7, 11) is 0. The lowest BCUT2D eigenvalue weighted by Gasteiger charge is -2.10. The lowest BCUT2D eigenvalue weighted by molar-refractivity contribution is 0.242. The van der Waals surface area contributed by atoms with Crippen molar-refractivity contribution in [3.05, 3.63) is 64.6 Å². The van der Waals surface area contributed by atoms with Gasteiger partial charge in [0.05, 0.1) is 23.7 Å². The highest BCUT2D eigenvalue weighted by Crippen LogP contribution is 2.17. The van der Waals surface area contributed by atoms with Crippen molar-refractivity contribution in [1.82, 2.24) is 9.13 Å². The Hall–Kier alpha value is -2.49.